The summed E-state index contributed by atoms with van der Waals surface area (Å²) in [5.74, 6) is 0.288. The van der Waals surface area contributed by atoms with Crippen LogP contribution in [-0.4, -0.2) is 47.3 Å². The molecule has 1 amide bonds. The number of hydrogen-bond donors (Lipinski definition) is 2. The monoisotopic (exact) mass is 688 g/mol. The maximum Gasteiger partial charge on any atom is 0.272 e. The summed E-state index contributed by atoms with van der Waals surface area (Å²) < 4.78 is 13.8. The van der Waals surface area contributed by atoms with E-state index in [0.29, 0.717) is 39.8 Å². The molecule has 4 aromatic carbocycles. The predicted octanol–water partition coefficient (Wildman–Crippen LogP) is 7.43. The van der Waals surface area contributed by atoms with Gasteiger partial charge in [-0.15, -0.1) is 0 Å². The molecule has 7 rings (SSSR count). The van der Waals surface area contributed by atoms with Crippen LogP contribution >= 0.6 is 0 Å². The Morgan fingerprint density at radius 1 is 0.635 bits per heavy atom. The SMILES string of the molecule is C=CC(=O)n1nc(-c2ccc(Oc3ccccc3)cc2)c(C(=O)Nc2ncnc3c2c(-c2ccc(Oc4ccccc4)cc2)nn3C(=O)C=C)c1N. The second-order valence-corrected chi connectivity index (χ2v) is 11.1. The number of nitrogens with one attached hydrogen (secondary N) is 1. The first-order valence-corrected chi connectivity index (χ1v) is 15.8. The summed E-state index contributed by atoms with van der Waals surface area (Å²) in [6.45, 7) is 7.10. The molecular formula is C39H28N8O5. The van der Waals surface area contributed by atoms with Crippen molar-refractivity contribution in [2.24, 2.45) is 0 Å². The minimum atomic E-state index is -0.736. The zero-order chi connectivity index (χ0) is 36.2. The molecule has 0 fully saturated rings. The summed E-state index contributed by atoms with van der Waals surface area (Å²) in [6, 6.07) is 32.3. The van der Waals surface area contributed by atoms with Crippen molar-refractivity contribution < 1.29 is 23.9 Å². The molecule has 254 valence electrons. The fourth-order valence-electron chi connectivity index (χ4n) is 5.38. The molecule has 0 atom stereocenters. The lowest BCUT2D eigenvalue weighted by molar-refractivity contribution is 0.0950. The molecule has 7 aromatic rings. The normalized spacial score (nSPS) is 10.8. The lowest BCUT2D eigenvalue weighted by Gasteiger charge is -2.09. The Morgan fingerprint density at radius 3 is 1.65 bits per heavy atom. The van der Waals surface area contributed by atoms with Crippen molar-refractivity contribution >= 4 is 40.4 Å². The molecule has 0 aliphatic heterocycles. The van der Waals surface area contributed by atoms with Crippen molar-refractivity contribution in [3.63, 3.8) is 0 Å². The van der Waals surface area contributed by atoms with Crippen molar-refractivity contribution in [3.05, 3.63) is 146 Å². The Hall–Kier alpha value is -7.67. The first-order valence-electron chi connectivity index (χ1n) is 15.8. The number of benzene rings is 4. The fourth-order valence-corrected chi connectivity index (χ4v) is 5.38. The number of allylic oxidation sites excluding steroid dienone is 2. The first-order chi connectivity index (χ1) is 25.3. The van der Waals surface area contributed by atoms with Gasteiger partial charge in [-0.2, -0.15) is 19.6 Å². The lowest BCUT2D eigenvalue weighted by atomic mass is 10.1. The number of nitrogens with two attached hydrogens (primary N) is 1. The third kappa shape index (κ3) is 6.40. The molecule has 0 aliphatic carbocycles. The van der Waals surface area contributed by atoms with Crippen molar-refractivity contribution in [1.82, 2.24) is 29.5 Å². The van der Waals surface area contributed by atoms with Crippen molar-refractivity contribution in [3.8, 4) is 45.5 Å². The van der Waals surface area contributed by atoms with Gasteiger partial charge in [0, 0.05) is 11.1 Å². The number of nitrogen functional groups attached to an aromatic ring is 1. The van der Waals surface area contributed by atoms with E-state index in [-0.39, 0.29) is 33.9 Å². The van der Waals surface area contributed by atoms with E-state index in [9.17, 15) is 14.4 Å². The van der Waals surface area contributed by atoms with E-state index < -0.39 is 17.7 Å². The van der Waals surface area contributed by atoms with E-state index in [4.69, 9.17) is 15.2 Å². The zero-order valence-electron chi connectivity index (χ0n) is 27.3. The quantitative estimate of drug-likeness (QED) is 0.138. The van der Waals surface area contributed by atoms with Gasteiger partial charge in [-0.05, 0) is 84.9 Å². The topological polar surface area (TPSA) is 169 Å². The van der Waals surface area contributed by atoms with Crippen LogP contribution in [-0.2, 0) is 0 Å². The van der Waals surface area contributed by atoms with E-state index in [1.54, 1.807) is 48.5 Å². The van der Waals surface area contributed by atoms with Gasteiger partial charge >= 0.3 is 0 Å². The van der Waals surface area contributed by atoms with E-state index in [1.165, 1.54) is 6.33 Å². The molecule has 0 unspecified atom stereocenters. The number of carbonyl (C=O) groups is 3. The molecule has 3 aromatic heterocycles. The molecule has 3 N–H and O–H groups in total. The number of aromatic nitrogens is 6. The van der Waals surface area contributed by atoms with E-state index >= 15 is 0 Å². The fraction of sp³-hybridized carbons (Fsp3) is 0. The maximum absolute atomic E-state index is 14.2. The van der Waals surface area contributed by atoms with Gasteiger partial charge in [0.25, 0.3) is 17.7 Å². The van der Waals surface area contributed by atoms with Crippen LogP contribution in [0.15, 0.2) is 141 Å². The van der Waals surface area contributed by atoms with Crippen LogP contribution in [0.1, 0.15) is 19.9 Å². The predicted molar refractivity (Wildman–Crippen MR) is 195 cm³/mol. The minimum absolute atomic E-state index is 0.0254. The summed E-state index contributed by atoms with van der Waals surface area (Å²) >= 11 is 0. The summed E-state index contributed by atoms with van der Waals surface area (Å²) in [5, 5.41) is 12.0. The molecule has 0 bridgehead atoms. The molecule has 0 aliphatic rings. The van der Waals surface area contributed by atoms with Crippen LogP contribution in [0, 0.1) is 0 Å². The van der Waals surface area contributed by atoms with Crippen LogP contribution in [0.2, 0.25) is 0 Å². The molecule has 3 heterocycles. The first kappa shape index (κ1) is 32.9. The molecule has 0 saturated heterocycles. The Kier molecular flexibility index (Phi) is 8.88. The van der Waals surface area contributed by atoms with Crippen molar-refractivity contribution in [2.75, 3.05) is 11.1 Å². The summed E-state index contributed by atoms with van der Waals surface area (Å²) in [5.41, 5.74) is 7.89. The standard InChI is InChI=1S/C39H28N8O5/c1-3-30(48)46-36(40)32(34(44-46)24-15-19-28(20-16-24)51-26-11-7-5-8-12-26)39(50)43-37-33-35(45-47(31(49)4-2)38(33)42-23-41-37)25-17-21-29(22-18-25)52-27-13-9-6-10-14-27/h3-23H,1-2,40H2,(H,41,42,43,50). The average molecular weight is 689 g/mol. The van der Waals surface area contributed by atoms with Crippen LogP contribution < -0.4 is 20.5 Å². The van der Waals surface area contributed by atoms with Gasteiger partial charge < -0.3 is 20.5 Å². The van der Waals surface area contributed by atoms with Gasteiger partial charge in [0.05, 0.1) is 5.39 Å². The Labute approximate surface area is 296 Å². The lowest BCUT2D eigenvalue weighted by Crippen LogP contribution is -2.17. The van der Waals surface area contributed by atoms with E-state index in [2.05, 4.69) is 38.6 Å². The molecule has 13 nitrogen and oxygen atoms in total. The Morgan fingerprint density at radius 2 is 1.12 bits per heavy atom. The Bertz CT molecular complexity index is 2470. The van der Waals surface area contributed by atoms with Crippen LogP contribution in [0.5, 0.6) is 23.0 Å². The van der Waals surface area contributed by atoms with Crippen molar-refractivity contribution in [2.45, 2.75) is 0 Å². The smallest absolute Gasteiger partial charge is 0.272 e. The minimum Gasteiger partial charge on any atom is -0.457 e. The third-order valence-corrected chi connectivity index (χ3v) is 7.82. The zero-order valence-corrected chi connectivity index (χ0v) is 27.3. The summed E-state index contributed by atoms with van der Waals surface area (Å²) in [7, 11) is 0. The average Bonchev–Trinajstić information content (AvgIpc) is 3.74. The van der Waals surface area contributed by atoms with Gasteiger partial charge in [-0.3, -0.25) is 14.4 Å². The molecular weight excluding hydrogens is 660 g/mol. The van der Waals surface area contributed by atoms with Crippen LogP contribution in [0.3, 0.4) is 0 Å². The van der Waals surface area contributed by atoms with Crippen LogP contribution in [0.25, 0.3) is 33.5 Å². The second-order valence-electron chi connectivity index (χ2n) is 11.1. The maximum atomic E-state index is 14.2. The number of carbonyl (C=O) groups excluding carboxylic acids is 3. The largest absolute Gasteiger partial charge is 0.457 e. The number of fused-ring (bicyclic) bond motifs is 1. The van der Waals surface area contributed by atoms with Gasteiger partial charge in [-0.1, -0.05) is 49.6 Å². The molecule has 52 heavy (non-hydrogen) atoms. The number of para-hydroxylation sites is 2. The molecule has 0 radical (unpaired) electrons. The summed E-state index contributed by atoms with van der Waals surface area (Å²) in [4.78, 5) is 48.5. The number of amides is 1. The molecule has 0 spiro atoms. The van der Waals surface area contributed by atoms with E-state index in [1.807, 2.05) is 60.7 Å². The van der Waals surface area contributed by atoms with Gasteiger partial charge in [0.1, 0.15) is 57.9 Å². The highest BCUT2D eigenvalue weighted by Crippen LogP contribution is 2.35. The molecule has 13 heteroatoms. The van der Waals surface area contributed by atoms with Crippen molar-refractivity contribution in [1.29, 1.82) is 0 Å². The van der Waals surface area contributed by atoms with E-state index in [0.717, 1.165) is 21.5 Å². The number of ether oxygens (including phenoxy) is 2. The van der Waals surface area contributed by atoms with Gasteiger partial charge in [0.15, 0.2) is 5.65 Å². The highest BCUT2D eigenvalue weighted by atomic mass is 16.5. The highest BCUT2D eigenvalue weighted by molar-refractivity contribution is 6.16. The van der Waals surface area contributed by atoms with Gasteiger partial charge in [0.2, 0.25) is 0 Å². The number of hydrogen-bond acceptors (Lipinski definition) is 10. The van der Waals surface area contributed by atoms with Crippen LogP contribution in [0.4, 0.5) is 11.6 Å². The highest BCUT2D eigenvalue weighted by Gasteiger charge is 2.28. The second kappa shape index (κ2) is 14.1. The number of rotatable bonds is 10. The number of nitrogens with zero attached hydrogens (tertiary/aromatic N) is 6. The third-order valence-electron chi connectivity index (χ3n) is 7.82. The summed E-state index contributed by atoms with van der Waals surface area (Å²) in [6.07, 6.45) is 3.32. The van der Waals surface area contributed by atoms with Gasteiger partial charge in [-0.25, -0.2) is 9.97 Å². The molecule has 0 saturated carbocycles. The number of anilines is 2. The Balaban J connectivity index is 1.27.